The minimum absolute atomic E-state index is 0.364. The summed E-state index contributed by atoms with van der Waals surface area (Å²) in [5, 5.41) is 10.5. The van der Waals surface area contributed by atoms with E-state index in [-0.39, 0.29) is 0 Å². The number of hydrogen-bond donors (Lipinski definition) is 0. The molecular weight excluding hydrogens is 321 g/mol. The van der Waals surface area contributed by atoms with Crippen LogP contribution in [0.1, 0.15) is 33.3 Å². The average molecular weight is 344 g/mol. The fourth-order valence-corrected chi connectivity index (χ4v) is 2.71. The molecule has 0 unspecified atom stereocenters. The number of carbonyl (C=O) groups is 1. The maximum atomic E-state index is 14.4. The number of carboxylic acid groups (broad SMARTS) is 1. The molecule has 1 aliphatic rings. The SMILES string of the molecule is CC(/C=C/C(F)=C(/C)c1ccc2c(c1)OCCN2C(C)C)=C\C(=O)[O-]. The lowest BCUT2D eigenvalue weighted by Gasteiger charge is -2.34. The molecule has 0 fully saturated rings. The second-order valence-corrected chi connectivity index (χ2v) is 6.33. The van der Waals surface area contributed by atoms with Crippen molar-refractivity contribution in [3.8, 4) is 5.75 Å². The van der Waals surface area contributed by atoms with E-state index < -0.39 is 11.8 Å². The Morgan fingerprint density at radius 3 is 2.68 bits per heavy atom. The first kappa shape index (κ1) is 18.8. The first-order valence-corrected chi connectivity index (χ1v) is 8.27. The molecule has 134 valence electrons. The Hall–Kier alpha value is -2.56. The summed E-state index contributed by atoms with van der Waals surface area (Å²) >= 11 is 0. The summed E-state index contributed by atoms with van der Waals surface area (Å²) < 4.78 is 20.1. The number of fused-ring (bicyclic) bond motifs is 1. The maximum absolute atomic E-state index is 14.4. The van der Waals surface area contributed by atoms with Gasteiger partial charge >= 0.3 is 0 Å². The molecule has 0 aliphatic carbocycles. The number of aliphatic carboxylic acids is 1. The summed E-state index contributed by atoms with van der Waals surface area (Å²) in [5.41, 5.74) is 2.62. The van der Waals surface area contributed by atoms with E-state index >= 15 is 0 Å². The Morgan fingerprint density at radius 2 is 2.04 bits per heavy atom. The van der Waals surface area contributed by atoms with Gasteiger partial charge in [0.25, 0.3) is 0 Å². The Balaban J connectivity index is 2.29. The molecule has 0 aromatic heterocycles. The van der Waals surface area contributed by atoms with Crippen LogP contribution in [0.2, 0.25) is 0 Å². The lowest BCUT2D eigenvalue weighted by molar-refractivity contribution is -0.297. The van der Waals surface area contributed by atoms with Crippen molar-refractivity contribution >= 4 is 17.2 Å². The van der Waals surface area contributed by atoms with Gasteiger partial charge in [-0.2, -0.15) is 0 Å². The van der Waals surface area contributed by atoms with Crippen molar-refractivity contribution in [3.05, 3.63) is 53.4 Å². The van der Waals surface area contributed by atoms with Crippen molar-refractivity contribution < 1.29 is 19.0 Å². The van der Waals surface area contributed by atoms with E-state index in [0.29, 0.717) is 23.8 Å². The average Bonchev–Trinajstić information content (AvgIpc) is 2.57. The maximum Gasteiger partial charge on any atom is 0.143 e. The zero-order valence-corrected chi connectivity index (χ0v) is 15.0. The minimum atomic E-state index is -1.30. The molecule has 5 heteroatoms. The number of hydrogen-bond acceptors (Lipinski definition) is 4. The molecule has 0 atom stereocenters. The summed E-state index contributed by atoms with van der Waals surface area (Å²) in [6.07, 6.45) is 3.58. The van der Waals surface area contributed by atoms with Gasteiger partial charge in [-0.15, -0.1) is 0 Å². The molecule has 25 heavy (non-hydrogen) atoms. The summed E-state index contributed by atoms with van der Waals surface area (Å²) in [6.45, 7) is 8.94. The molecule has 0 saturated carbocycles. The van der Waals surface area contributed by atoms with Crippen molar-refractivity contribution in [1.29, 1.82) is 0 Å². The fourth-order valence-electron chi connectivity index (χ4n) is 2.71. The van der Waals surface area contributed by atoms with Crippen molar-refractivity contribution in [2.45, 2.75) is 33.7 Å². The lowest BCUT2D eigenvalue weighted by Crippen LogP contribution is -2.37. The van der Waals surface area contributed by atoms with Gasteiger partial charge in [-0.25, -0.2) is 4.39 Å². The number of benzene rings is 1. The van der Waals surface area contributed by atoms with Crippen LogP contribution >= 0.6 is 0 Å². The van der Waals surface area contributed by atoms with E-state index in [1.54, 1.807) is 13.8 Å². The van der Waals surface area contributed by atoms with Gasteiger partial charge in [0.05, 0.1) is 18.2 Å². The number of anilines is 1. The highest BCUT2D eigenvalue weighted by molar-refractivity contribution is 5.79. The number of ether oxygens (including phenoxy) is 1. The standard InChI is InChI=1S/C20H24FNO3/c1-13(2)22-9-10-25-19-12-16(6-8-18(19)22)15(4)17(21)7-5-14(3)11-20(23)24/h5-8,11-13H,9-10H2,1-4H3,(H,23,24)/p-1/b7-5+,14-11+,17-15+. The summed E-state index contributed by atoms with van der Waals surface area (Å²) in [5.74, 6) is -0.978. The van der Waals surface area contributed by atoms with E-state index in [0.717, 1.165) is 29.6 Å². The Labute approximate surface area is 147 Å². The zero-order chi connectivity index (χ0) is 18.6. The molecule has 0 amide bonds. The third kappa shape index (κ3) is 4.72. The van der Waals surface area contributed by atoms with Crippen molar-refractivity contribution in [3.63, 3.8) is 0 Å². The molecule has 1 heterocycles. The van der Waals surface area contributed by atoms with Crippen LogP contribution in [0.15, 0.2) is 47.8 Å². The van der Waals surface area contributed by atoms with Crippen LogP contribution < -0.4 is 14.7 Å². The van der Waals surface area contributed by atoms with E-state index in [1.807, 2.05) is 18.2 Å². The number of carbonyl (C=O) groups excluding carboxylic acids is 1. The van der Waals surface area contributed by atoms with E-state index in [1.165, 1.54) is 12.2 Å². The molecule has 0 radical (unpaired) electrons. The second-order valence-electron chi connectivity index (χ2n) is 6.33. The smallest absolute Gasteiger partial charge is 0.143 e. The number of allylic oxidation sites excluding steroid dienone is 5. The quantitative estimate of drug-likeness (QED) is 0.608. The molecule has 0 saturated heterocycles. The summed E-state index contributed by atoms with van der Waals surface area (Å²) in [4.78, 5) is 12.7. The molecule has 2 rings (SSSR count). The van der Waals surface area contributed by atoms with Crippen LogP contribution in [-0.4, -0.2) is 25.2 Å². The fraction of sp³-hybridized carbons (Fsp3) is 0.350. The van der Waals surface area contributed by atoms with E-state index in [2.05, 4.69) is 18.7 Å². The highest BCUT2D eigenvalue weighted by atomic mass is 19.1. The number of carboxylic acids is 1. The molecular formula is C20H23FNO3-. The molecule has 0 bridgehead atoms. The summed E-state index contributed by atoms with van der Waals surface area (Å²) in [7, 11) is 0. The van der Waals surface area contributed by atoms with Crippen molar-refractivity contribution in [2.75, 3.05) is 18.1 Å². The highest BCUT2D eigenvalue weighted by Gasteiger charge is 2.20. The predicted octanol–water partition coefficient (Wildman–Crippen LogP) is 3.25. The first-order chi connectivity index (χ1) is 11.8. The first-order valence-electron chi connectivity index (χ1n) is 8.27. The monoisotopic (exact) mass is 344 g/mol. The number of nitrogens with zero attached hydrogens (tertiary/aromatic N) is 1. The van der Waals surface area contributed by atoms with Gasteiger partial charge in [-0.05, 0) is 68.7 Å². The van der Waals surface area contributed by atoms with Gasteiger partial charge in [0.2, 0.25) is 0 Å². The zero-order valence-electron chi connectivity index (χ0n) is 15.0. The molecule has 1 aromatic carbocycles. The van der Waals surface area contributed by atoms with E-state index in [9.17, 15) is 14.3 Å². The Kier molecular flexibility index (Phi) is 6.02. The lowest BCUT2D eigenvalue weighted by atomic mass is 10.0. The third-order valence-corrected chi connectivity index (χ3v) is 4.11. The molecule has 0 N–H and O–H groups in total. The second kappa shape index (κ2) is 8.01. The molecule has 0 spiro atoms. The van der Waals surface area contributed by atoms with Gasteiger partial charge in [0, 0.05) is 6.04 Å². The summed E-state index contributed by atoms with van der Waals surface area (Å²) in [6, 6.07) is 6.03. The van der Waals surface area contributed by atoms with Crippen LogP contribution in [0.4, 0.5) is 10.1 Å². The van der Waals surface area contributed by atoms with Crippen LogP contribution in [0, 0.1) is 0 Å². The normalized spacial score (nSPS) is 15.9. The van der Waals surface area contributed by atoms with Gasteiger partial charge < -0.3 is 19.5 Å². The van der Waals surface area contributed by atoms with Gasteiger partial charge in [0.15, 0.2) is 0 Å². The molecule has 1 aromatic rings. The van der Waals surface area contributed by atoms with Crippen LogP contribution in [0.5, 0.6) is 5.75 Å². The Morgan fingerprint density at radius 1 is 1.32 bits per heavy atom. The Bertz CT molecular complexity index is 747. The molecule has 1 aliphatic heterocycles. The molecule has 4 nitrogen and oxygen atoms in total. The van der Waals surface area contributed by atoms with Crippen LogP contribution in [-0.2, 0) is 4.79 Å². The predicted molar refractivity (Wildman–Crippen MR) is 96.0 cm³/mol. The number of rotatable bonds is 5. The minimum Gasteiger partial charge on any atom is -0.545 e. The van der Waals surface area contributed by atoms with Crippen LogP contribution in [0.25, 0.3) is 5.57 Å². The van der Waals surface area contributed by atoms with Crippen molar-refractivity contribution in [1.82, 2.24) is 0 Å². The third-order valence-electron chi connectivity index (χ3n) is 4.11. The van der Waals surface area contributed by atoms with Gasteiger partial charge in [-0.3, -0.25) is 0 Å². The largest absolute Gasteiger partial charge is 0.545 e. The topological polar surface area (TPSA) is 52.6 Å². The van der Waals surface area contributed by atoms with Gasteiger partial charge in [-0.1, -0.05) is 12.1 Å². The van der Waals surface area contributed by atoms with Crippen LogP contribution in [0.3, 0.4) is 0 Å². The number of halogens is 1. The highest BCUT2D eigenvalue weighted by Crippen LogP contribution is 2.36. The van der Waals surface area contributed by atoms with E-state index in [4.69, 9.17) is 4.74 Å². The van der Waals surface area contributed by atoms with Gasteiger partial charge in [0.1, 0.15) is 18.2 Å². The van der Waals surface area contributed by atoms with Crippen molar-refractivity contribution in [2.24, 2.45) is 0 Å².